The Hall–Kier alpha value is -0.750. The molecule has 0 aromatic heterocycles. The largest absolute Gasteiger partial charge is 0.117 e. The van der Waals surface area contributed by atoms with E-state index in [0.717, 1.165) is 0 Å². The molecule has 0 radical (unpaired) electrons. The van der Waals surface area contributed by atoms with E-state index in [9.17, 15) is 0 Å². The van der Waals surface area contributed by atoms with Crippen LogP contribution in [-0.4, -0.2) is 5.38 Å². The second kappa shape index (κ2) is 4.20. The van der Waals surface area contributed by atoms with Gasteiger partial charge in [0.05, 0.1) is 5.38 Å². The minimum Gasteiger partial charge on any atom is -0.117 e. The number of hydrogen-bond acceptors (Lipinski definition) is 0. The van der Waals surface area contributed by atoms with Crippen molar-refractivity contribution in [3.8, 4) is 0 Å². The average Bonchev–Trinajstić information content (AvgIpc) is 2.52. The molecule has 0 saturated heterocycles. The van der Waals surface area contributed by atoms with Gasteiger partial charge >= 0.3 is 0 Å². The first-order chi connectivity index (χ1) is 5.34. The molecule has 0 nitrogen and oxygen atoms in total. The Kier molecular flexibility index (Phi) is 3.18. The van der Waals surface area contributed by atoms with Crippen LogP contribution in [0.3, 0.4) is 0 Å². The van der Waals surface area contributed by atoms with Crippen LogP contribution in [0.25, 0.3) is 0 Å². The molecule has 0 amide bonds. The Bertz CT molecular complexity index is 199. The quantitative estimate of drug-likeness (QED) is 0.447. The smallest absolute Gasteiger partial charge is 0.0616 e. The van der Waals surface area contributed by atoms with Crippen LogP contribution in [0.5, 0.6) is 0 Å². The fraction of sp³-hybridized carbons (Fsp3) is 0.200. The molecule has 0 N–H and O–H groups in total. The van der Waals surface area contributed by atoms with Gasteiger partial charge in [0.15, 0.2) is 0 Å². The fourth-order valence-electron chi connectivity index (χ4n) is 0.974. The Labute approximate surface area is 72.6 Å². The van der Waals surface area contributed by atoms with Crippen molar-refractivity contribution in [3.05, 3.63) is 49.1 Å². The molecule has 1 unspecified atom stereocenters. The first-order valence-electron chi connectivity index (χ1n) is 3.63. The van der Waals surface area contributed by atoms with Crippen LogP contribution in [0.2, 0.25) is 0 Å². The average molecular weight is 167 g/mol. The van der Waals surface area contributed by atoms with E-state index in [-0.39, 0.29) is 5.38 Å². The van der Waals surface area contributed by atoms with Crippen molar-refractivity contribution in [1.82, 2.24) is 0 Å². The van der Waals surface area contributed by atoms with Crippen LogP contribution >= 0.6 is 11.6 Å². The van der Waals surface area contributed by atoms with Crippen molar-refractivity contribution < 1.29 is 0 Å². The summed E-state index contributed by atoms with van der Waals surface area (Å²) in [5.74, 6) is 0.355. The van der Waals surface area contributed by atoms with Gasteiger partial charge in [-0.05, 0) is 0 Å². The molecule has 0 aromatic carbocycles. The Morgan fingerprint density at radius 2 is 2.00 bits per heavy atom. The molecule has 0 bridgehead atoms. The molecule has 0 spiro atoms. The summed E-state index contributed by atoms with van der Waals surface area (Å²) < 4.78 is 0. The van der Waals surface area contributed by atoms with Crippen LogP contribution in [0.1, 0.15) is 0 Å². The number of rotatable bonds is 3. The van der Waals surface area contributed by atoms with E-state index in [4.69, 9.17) is 11.6 Å². The number of hydrogen-bond donors (Lipinski definition) is 0. The van der Waals surface area contributed by atoms with Crippen LogP contribution in [-0.2, 0) is 0 Å². The van der Waals surface area contributed by atoms with Gasteiger partial charge in [-0.2, -0.15) is 0 Å². The zero-order chi connectivity index (χ0) is 8.10. The van der Waals surface area contributed by atoms with Crippen molar-refractivity contribution >= 4 is 11.6 Å². The number of alkyl halides is 1. The molecule has 1 aliphatic carbocycles. The van der Waals surface area contributed by atoms with E-state index in [1.54, 1.807) is 6.08 Å². The Balaban J connectivity index is 2.47. The summed E-state index contributed by atoms with van der Waals surface area (Å²) in [6.45, 7) is 3.58. The van der Waals surface area contributed by atoms with E-state index in [0.29, 0.717) is 5.92 Å². The third kappa shape index (κ3) is 2.39. The maximum Gasteiger partial charge on any atom is 0.0616 e. The summed E-state index contributed by atoms with van der Waals surface area (Å²) in [4.78, 5) is 0. The molecule has 0 aromatic rings. The maximum atomic E-state index is 6.03. The third-order valence-corrected chi connectivity index (χ3v) is 2.01. The molecule has 1 rings (SSSR count). The number of halogens is 1. The van der Waals surface area contributed by atoms with Gasteiger partial charge < -0.3 is 0 Å². The third-order valence-electron chi connectivity index (χ3n) is 1.58. The van der Waals surface area contributed by atoms with E-state index in [1.165, 1.54) is 0 Å². The van der Waals surface area contributed by atoms with Gasteiger partial charge in [-0.25, -0.2) is 0 Å². The molecule has 1 aliphatic rings. The highest BCUT2D eigenvalue weighted by molar-refractivity contribution is 6.22. The minimum atomic E-state index is 0.0583. The number of allylic oxidation sites excluding steroid dienone is 7. The molecule has 58 valence electrons. The maximum absolute atomic E-state index is 6.03. The van der Waals surface area contributed by atoms with Crippen molar-refractivity contribution in [2.75, 3.05) is 0 Å². The topological polar surface area (TPSA) is 0 Å². The van der Waals surface area contributed by atoms with Gasteiger partial charge in [0.25, 0.3) is 0 Å². The summed E-state index contributed by atoms with van der Waals surface area (Å²) in [5.41, 5.74) is 0. The van der Waals surface area contributed by atoms with Crippen molar-refractivity contribution in [1.29, 1.82) is 0 Å². The summed E-state index contributed by atoms with van der Waals surface area (Å²) >= 11 is 6.03. The van der Waals surface area contributed by atoms with E-state index in [1.807, 2.05) is 24.3 Å². The van der Waals surface area contributed by atoms with Crippen LogP contribution < -0.4 is 0 Å². The molecule has 1 atom stereocenters. The summed E-state index contributed by atoms with van der Waals surface area (Å²) in [6.07, 6.45) is 13.8. The molecule has 0 saturated carbocycles. The second-order valence-electron chi connectivity index (χ2n) is 2.41. The molecule has 1 heteroatoms. The van der Waals surface area contributed by atoms with Gasteiger partial charge in [0.2, 0.25) is 0 Å². The fourth-order valence-corrected chi connectivity index (χ4v) is 1.23. The normalized spacial score (nSPS) is 19.7. The molecular formula is C10H11Cl. The van der Waals surface area contributed by atoms with Gasteiger partial charge in [0, 0.05) is 5.92 Å². The second-order valence-corrected chi connectivity index (χ2v) is 2.92. The van der Waals surface area contributed by atoms with Crippen molar-refractivity contribution in [3.63, 3.8) is 0 Å². The highest BCUT2D eigenvalue weighted by Gasteiger charge is 2.11. The van der Waals surface area contributed by atoms with E-state index >= 15 is 0 Å². The predicted octanol–water partition coefficient (Wildman–Crippen LogP) is 3.08. The molecular weight excluding hydrogens is 156 g/mol. The van der Waals surface area contributed by atoms with Crippen molar-refractivity contribution in [2.24, 2.45) is 5.92 Å². The minimum absolute atomic E-state index is 0.0583. The Morgan fingerprint density at radius 1 is 1.36 bits per heavy atom. The summed E-state index contributed by atoms with van der Waals surface area (Å²) in [6, 6.07) is 0. The van der Waals surface area contributed by atoms with Gasteiger partial charge in [-0.1, -0.05) is 49.1 Å². The summed E-state index contributed by atoms with van der Waals surface area (Å²) in [7, 11) is 0. The summed E-state index contributed by atoms with van der Waals surface area (Å²) in [5, 5.41) is 0.0583. The van der Waals surface area contributed by atoms with Crippen molar-refractivity contribution in [2.45, 2.75) is 5.38 Å². The lowest BCUT2D eigenvalue weighted by Gasteiger charge is -2.07. The zero-order valence-corrected chi connectivity index (χ0v) is 7.04. The lowest BCUT2D eigenvalue weighted by atomic mass is 10.1. The van der Waals surface area contributed by atoms with Gasteiger partial charge in [-0.15, -0.1) is 11.6 Å². The SMILES string of the molecule is C=CC=CC(Cl)C1C=CC=C1. The van der Waals surface area contributed by atoms with E-state index < -0.39 is 0 Å². The van der Waals surface area contributed by atoms with Gasteiger partial charge in [0.1, 0.15) is 0 Å². The van der Waals surface area contributed by atoms with Gasteiger partial charge in [-0.3, -0.25) is 0 Å². The standard InChI is InChI=1S/C10H11Cl/c1-2-3-8-10(11)9-6-4-5-7-9/h2-10H,1H2. The highest BCUT2D eigenvalue weighted by Crippen LogP contribution is 2.19. The zero-order valence-electron chi connectivity index (χ0n) is 6.28. The Morgan fingerprint density at radius 3 is 2.55 bits per heavy atom. The first-order valence-corrected chi connectivity index (χ1v) is 4.06. The first kappa shape index (κ1) is 8.35. The monoisotopic (exact) mass is 166 g/mol. The van der Waals surface area contributed by atoms with Crippen LogP contribution in [0.15, 0.2) is 49.1 Å². The molecule has 0 heterocycles. The molecule has 0 fully saturated rings. The lowest BCUT2D eigenvalue weighted by molar-refractivity contribution is 0.853. The molecule has 11 heavy (non-hydrogen) atoms. The van der Waals surface area contributed by atoms with E-state index in [2.05, 4.69) is 18.7 Å². The van der Waals surface area contributed by atoms with Crippen LogP contribution in [0.4, 0.5) is 0 Å². The van der Waals surface area contributed by atoms with Crippen LogP contribution in [0, 0.1) is 5.92 Å². The lowest BCUT2D eigenvalue weighted by Crippen LogP contribution is -2.04. The molecule has 0 aliphatic heterocycles. The predicted molar refractivity (Wildman–Crippen MR) is 50.7 cm³/mol. The highest BCUT2D eigenvalue weighted by atomic mass is 35.5.